The predicted molar refractivity (Wildman–Crippen MR) is 135 cm³/mol. The highest BCUT2D eigenvalue weighted by Gasteiger charge is 2.30. The van der Waals surface area contributed by atoms with Crippen molar-refractivity contribution in [3.8, 4) is 0 Å². The zero-order chi connectivity index (χ0) is 24.3. The van der Waals surface area contributed by atoms with Crippen molar-refractivity contribution >= 4 is 23.8 Å². The molecule has 1 amide bonds. The van der Waals surface area contributed by atoms with Gasteiger partial charge in [0, 0.05) is 37.1 Å². The van der Waals surface area contributed by atoms with Crippen LogP contribution in [0.15, 0.2) is 42.6 Å². The maximum absolute atomic E-state index is 11.2. The molecule has 0 unspecified atom stereocenters. The van der Waals surface area contributed by atoms with Gasteiger partial charge in [-0.3, -0.25) is 9.59 Å². The van der Waals surface area contributed by atoms with E-state index in [0.717, 1.165) is 30.2 Å². The van der Waals surface area contributed by atoms with Gasteiger partial charge in [-0.2, -0.15) is 0 Å². The molecule has 1 aliphatic carbocycles. The zero-order valence-corrected chi connectivity index (χ0v) is 21.1. The number of carbonyl (C=O) groups is 2. The molecule has 180 valence electrons. The molecule has 1 fully saturated rings. The van der Waals surface area contributed by atoms with Crippen LogP contribution in [0.4, 0.5) is 0 Å². The maximum atomic E-state index is 11.2. The number of fused-ring (bicyclic) bond motifs is 1. The fourth-order valence-corrected chi connectivity index (χ4v) is 4.01. The van der Waals surface area contributed by atoms with Crippen LogP contribution in [-0.4, -0.2) is 45.3 Å². The van der Waals surface area contributed by atoms with E-state index in [1.54, 1.807) is 11.1 Å². The highest BCUT2D eigenvalue weighted by Crippen LogP contribution is 2.30. The minimum Gasteiger partial charge on any atom is -0.336 e. The second kappa shape index (κ2) is 13.3. The Labute approximate surface area is 203 Å². The average molecular weight is 473 g/mol. The molecule has 0 spiro atoms. The van der Waals surface area contributed by atoms with Gasteiger partial charge in [0.25, 0.3) is 0 Å². The van der Waals surface area contributed by atoms with E-state index in [1.807, 2.05) is 28.8 Å². The normalized spacial score (nSPS) is 16.0. The van der Waals surface area contributed by atoms with Crippen molar-refractivity contribution in [3.63, 3.8) is 0 Å². The summed E-state index contributed by atoms with van der Waals surface area (Å²) in [4.78, 5) is 27.5. The molecule has 0 saturated heterocycles. The molecule has 4 rings (SSSR count). The molecular formula is C26H37ClN4O2. The number of allylic oxidation sites excluding steroid dienone is 1. The summed E-state index contributed by atoms with van der Waals surface area (Å²) < 4.78 is 1.88. The lowest BCUT2D eigenvalue weighted by molar-refractivity contribution is -0.119. The molecule has 2 aromatic rings. The first-order valence-electron chi connectivity index (χ1n) is 11.7. The summed E-state index contributed by atoms with van der Waals surface area (Å²) >= 11 is 5.82. The summed E-state index contributed by atoms with van der Waals surface area (Å²) in [5.41, 5.74) is 2.32. The molecule has 1 aliphatic heterocycles. The Bertz CT molecular complexity index is 934. The zero-order valence-electron chi connectivity index (χ0n) is 20.3. The number of amides is 1. The molecule has 1 saturated carbocycles. The fraction of sp³-hybridized carbons (Fsp3) is 0.500. The van der Waals surface area contributed by atoms with Crippen molar-refractivity contribution in [2.24, 2.45) is 0 Å². The Hall–Kier alpha value is -2.44. The van der Waals surface area contributed by atoms with Gasteiger partial charge in [-0.05, 0) is 51.2 Å². The van der Waals surface area contributed by atoms with E-state index in [4.69, 9.17) is 11.6 Å². The highest BCUT2D eigenvalue weighted by atomic mass is 35.5. The standard InChI is InChI=1S/C9H11N3O2.C9H17N.C8H9Cl/c1-7(14)8-4-10-9-5-11(6-13)2-3-12(8)9;1-3-4-8-10-9(2)6-5-7-9;1-2-7-5-3-4-6-8(7)9/h4,6H,2-3,5H2,1H3;3-4,10H,5-8H2,1-2H3;3-6H,2H2,1H3/b;4-3+;. The van der Waals surface area contributed by atoms with Gasteiger partial charge in [0.15, 0.2) is 5.78 Å². The Morgan fingerprint density at radius 2 is 2.00 bits per heavy atom. The molecule has 33 heavy (non-hydrogen) atoms. The van der Waals surface area contributed by atoms with E-state index >= 15 is 0 Å². The summed E-state index contributed by atoms with van der Waals surface area (Å²) in [5.74, 6) is 0.803. The molecule has 1 aromatic carbocycles. The molecule has 2 aliphatic rings. The van der Waals surface area contributed by atoms with Crippen molar-refractivity contribution in [1.29, 1.82) is 0 Å². The SMILES string of the molecule is C/C=C/CNC1(C)CCC1.CC(=O)c1cnc2n1CCN(C=O)C2.CCc1ccccc1Cl. The lowest BCUT2D eigenvalue weighted by atomic mass is 9.78. The maximum Gasteiger partial charge on any atom is 0.210 e. The molecule has 0 radical (unpaired) electrons. The number of aryl methyl sites for hydroxylation is 1. The highest BCUT2D eigenvalue weighted by molar-refractivity contribution is 6.31. The Morgan fingerprint density at radius 1 is 1.27 bits per heavy atom. The fourth-order valence-electron chi connectivity index (χ4n) is 3.74. The van der Waals surface area contributed by atoms with Gasteiger partial charge >= 0.3 is 0 Å². The van der Waals surface area contributed by atoms with Crippen LogP contribution in [0.2, 0.25) is 5.02 Å². The van der Waals surface area contributed by atoms with Crippen LogP contribution >= 0.6 is 11.6 Å². The number of rotatable bonds is 6. The molecule has 7 heteroatoms. The van der Waals surface area contributed by atoms with E-state index in [0.29, 0.717) is 30.9 Å². The number of imidazole rings is 1. The molecule has 6 nitrogen and oxygen atoms in total. The number of aromatic nitrogens is 2. The average Bonchev–Trinajstić information content (AvgIpc) is 3.23. The van der Waals surface area contributed by atoms with E-state index in [1.165, 1.54) is 31.7 Å². The number of ketones is 1. The summed E-state index contributed by atoms with van der Waals surface area (Å²) in [6, 6.07) is 7.91. The van der Waals surface area contributed by atoms with Crippen molar-refractivity contribution < 1.29 is 9.59 Å². The van der Waals surface area contributed by atoms with Gasteiger partial charge in [-0.25, -0.2) is 4.98 Å². The molecule has 0 atom stereocenters. The van der Waals surface area contributed by atoms with Gasteiger partial charge < -0.3 is 14.8 Å². The van der Waals surface area contributed by atoms with Gasteiger partial charge in [-0.15, -0.1) is 0 Å². The van der Waals surface area contributed by atoms with Crippen molar-refractivity contribution in [1.82, 2.24) is 19.8 Å². The smallest absolute Gasteiger partial charge is 0.210 e. The quantitative estimate of drug-likeness (QED) is 0.362. The lowest BCUT2D eigenvalue weighted by Gasteiger charge is -2.39. The van der Waals surface area contributed by atoms with Crippen molar-refractivity contribution in [2.45, 2.75) is 72.0 Å². The number of nitrogens with zero attached hydrogens (tertiary/aromatic N) is 3. The van der Waals surface area contributed by atoms with Crippen molar-refractivity contribution in [2.75, 3.05) is 13.1 Å². The summed E-state index contributed by atoms with van der Waals surface area (Å²) in [7, 11) is 0. The van der Waals surface area contributed by atoms with E-state index in [9.17, 15) is 9.59 Å². The van der Waals surface area contributed by atoms with Gasteiger partial charge in [0.05, 0.1) is 12.7 Å². The monoisotopic (exact) mass is 472 g/mol. The third-order valence-corrected chi connectivity index (χ3v) is 6.45. The Morgan fingerprint density at radius 3 is 2.52 bits per heavy atom. The Kier molecular flexibility index (Phi) is 10.8. The third-order valence-electron chi connectivity index (χ3n) is 6.08. The third kappa shape index (κ3) is 8.13. The van der Waals surface area contributed by atoms with Crippen LogP contribution in [0, 0.1) is 0 Å². The molecular weight excluding hydrogens is 436 g/mol. The minimum atomic E-state index is 0.0169. The number of hydrogen-bond acceptors (Lipinski definition) is 4. The number of nitrogens with one attached hydrogen (secondary N) is 1. The first-order chi connectivity index (χ1) is 15.8. The van der Waals surface area contributed by atoms with Gasteiger partial charge in [0.1, 0.15) is 11.5 Å². The van der Waals surface area contributed by atoms with Crippen LogP contribution in [0.3, 0.4) is 0 Å². The number of carbonyl (C=O) groups excluding carboxylic acids is 2. The summed E-state index contributed by atoms with van der Waals surface area (Å²) in [5, 5.41) is 4.38. The van der Waals surface area contributed by atoms with E-state index in [2.05, 4.69) is 43.2 Å². The van der Waals surface area contributed by atoms with Crippen LogP contribution in [0.25, 0.3) is 0 Å². The Balaban J connectivity index is 0.000000181. The number of Topliss-reactive ketones (excluding diaryl/α,β-unsaturated/α-hetero) is 1. The summed E-state index contributed by atoms with van der Waals surface area (Å²) in [6.07, 6.45) is 11.8. The first kappa shape index (κ1) is 26.8. The first-order valence-corrected chi connectivity index (χ1v) is 12.1. The van der Waals surface area contributed by atoms with Crippen LogP contribution in [0.5, 0.6) is 0 Å². The van der Waals surface area contributed by atoms with E-state index in [-0.39, 0.29) is 5.78 Å². The minimum absolute atomic E-state index is 0.0169. The van der Waals surface area contributed by atoms with Crippen LogP contribution < -0.4 is 5.32 Å². The largest absolute Gasteiger partial charge is 0.336 e. The van der Waals surface area contributed by atoms with Gasteiger partial charge in [-0.1, -0.05) is 48.9 Å². The molecule has 1 aromatic heterocycles. The topological polar surface area (TPSA) is 67.2 Å². The molecule has 0 bridgehead atoms. The molecule has 2 heterocycles. The lowest BCUT2D eigenvalue weighted by Crippen LogP contribution is -2.48. The predicted octanol–water partition coefficient (Wildman–Crippen LogP) is 5.05. The van der Waals surface area contributed by atoms with Gasteiger partial charge in [0.2, 0.25) is 6.41 Å². The van der Waals surface area contributed by atoms with E-state index < -0.39 is 0 Å². The molecule has 1 N–H and O–H groups in total. The van der Waals surface area contributed by atoms with Crippen LogP contribution in [-0.2, 0) is 24.3 Å². The second-order valence-electron chi connectivity index (χ2n) is 8.65. The number of halogens is 1. The van der Waals surface area contributed by atoms with Crippen molar-refractivity contribution in [3.05, 3.63) is 64.7 Å². The number of hydrogen-bond donors (Lipinski definition) is 1. The number of benzene rings is 1. The van der Waals surface area contributed by atoms with Crippen LogP contribution in [0.1, 0.15) is 68.8 Å². The second-order valence-corrected chi connectivity index (χ2v) is 9.06. The summed E-state index contributed by atoms with van der Waals surface area (Å²) in [6.45, 7) is 10.8.